The molecule has 2 N–H and O–H groups in total. The molecule has 1 aliphatic rings. The van der Waals surface area contributed by atoms with E-state index in [-0.39, 0.29) is 40.7 Å². The molecule has 1 atom stereocenters. The molecule has 232 valence electrons. The van der Waals surface area contributed by atoms with Gasteiger partial charge < -0.3 is 19.9 Å². The van der Waals surface area contributed by atoms with Gasteiger partial charge in [0.1, 0.15) is 5.82 Å². The zero-order valence-corrected chi connectivity index (χ0v) is 25.7. The van der Waals surface area contributed by atoms with Gasteiger partial charge in [-0.1, -0.05) is 19.1 Å². The number of carboxylic acids is 1. The Morgan fingerprint density at radius 1 is 1.16 bits per heavy atom. The monoisotopic (exact) mass is 606 g/mol. The smallest absolute Gasteiger partial charge is 0.337 e. The summed E-state index contributed by atoms with van der Waals surface area (Å²) >= 11 is 0. The highest BCUT2D eigenvalue weighted by molar-refractivity contribution is 5.93. The van der Waals surface area contributed by atoms with E-state index < -0.39 is 29.4 Å². The summed E-state index contributed by atoms with van der Waals surface area (Å²) in [6.45, 7) is 11.1. The summed E-state index contributed by atoms with van der Waals surface area (Å²) < 4.78 is 42.5. The Morgan fingerprint density at radius 3 is 2.59 bits per heavy atom. The molecule has 5 rings (SSSR count). The van der Waals surface area contributed by atoms with E-state index in [0.29, 0.717) is 53.8 Å². The van der Waals surface area contributed by atoms with Crippen LogP contribution in [0.3, 0.4) is 0 Å². The second-order valence-electron chi connectivity index (χ2n) is 12.0. The summed E-state index contributed by atoms with van der Waals surface area (Å²) in [6.07, 6.45) is 0.343. The number of aliphatic carboxylic acids is 1. The molecule has 1 unspecified atom stereocenters. The number of fused-ring (bicyclic) bond motifs is 2. The van der Waals surface area contributed by atoms with Crippen LogP contribution in [-0.4, -0.2) is 43.8 Å². The molecule has 4 aromatic rings. The third-order valence-electron chi connectivity index (χ3n) is 7.66. The average Bonchev–Trinajstić information content (AvgIpc) is 3.40. The van der Waals surface area contributed by atoms with Gasteiger partial charge in [-0.05, 0) is 82.7 Å². The summed E-state index contributed by atoms with van der Waals surface area (Å²) in [6, 6.07) is 7.48. The minimum atomic E-state index is -1.47. The number of carbonyl (C=O) groups excluding carboxylic acids is 1. The average molecular weight is 607 g/mol. The van der Waals surface area contributed by atoms with Crippen molar-refractivity contribution in [1.29, 1.82) is 0 Å². The quantitative estimate of drug-likeness (QED) is 0.251. The largest absolute Gasteiger partial charge is 0.490 e. The van der Waals surface area contributed by atoms with E-state index in [1.807, 2.05) is 13.8 Å². The fourth-order valence-corrected chi connectivity index (χ4v) is 5.59. The summed E-state index contributed by atoms with van der Waals surface area (Å²) in [7, 11) is 0. The van der Waals surface area contributed by atoms with E-state index in [1.165, 1.54) is 22.7 Å². The number of rotatable bonds is 8. The SMILES string of the molecule is CCc1cc(CNC(=O)c2cc3nc(C)c(C(OC(C)(C)C)C(=O)O)c(-c4cc(F)c5c(c4C)CCCO5)n3n2)ccc1F. The van der Waals surface area contributed by atoms with Gasteiger partial charge in [0.15, 0.2) is 29.0 Å². The van der Waals surface area contributed by atoms with Crippen LogP contribution in [0.1, 0.15) is 84.2 Å². The molecular weight excluding hydrogens is 570 g/mol. The molecule has 0 fully saturated rings. The maximum absolute atomic E-state index is 15.5. The Morgan fingerprint density at radius 2 is 1.91 bits per heavy atom. The number of nitrogens with zero attached hydrogens (tertiary/aromatic N) is 3. The van der Waals surface area contributed by atoms with E-state index >= 15 is 4.39 Å². The molecule has 0 spiro atoms. The number of halogens is 2. The van der Waals surface area contributed by atoms with Gasteiger partial charge in [0, 0.05) is 35.0 Å². The summed E-state index contributed by atoms with van der Waals surface area (Å²) in [4.78, 5) is 30.6. The molecule has 0 saturated heterocycles. The van der Waals surface area contributed by atoms with Crippen LogP contribution in [0.15, 0.2) is 30.3 Å². The molecule has 0 bridgehead atoms. The highest BCUT2D eigenvalue weighted by Gasteiger charge is 2.35. The Kier molecular flexibility index (Phi) is 8.44. The van der Waals surface area contributed by atoms with Crippen molar-refractivity contribution >= 4 is 17.5 Å². The molecule has 1 aliphatic heterocycles. The van der Waals surface area contributed by atoms with Crippen LogP contribution in [0, 0.1) is 25.5 Å². The molecule has 11 heteroatoms. The Labute approximate surface area is 254 Å². The molecule has 0 aliphatic carbocycles. The van der Waals surface area contributed by atoms with Gasteiger partial charge in [-0.25, -0.2) is 23.1 Å². The predicted octanol–water partition coefficient (Wildman–Crippen LogP) is 6.05. The van der Waals surface area contributed by atoms with Crippen molar-refractivity contribution in [2.75, 3.05) is 6.61 Å². The van der Waals surface area contributed by atoms with Gasteiger partial charge in [0.05, 0.1) is 17.9 Å². The van der Waals surface area contributed by atoms with Gasteiger partial charge in [0.2, 0.25) is 0 Å². The van der Waals surface area contributed by atoms with Crippen molar-refractivity contribution < 1.29 is 33.0 Å². The number of aromatic nitrogens is 3. The van der Waals surface area contributed by atoms with Crippen LogP contribution in [0.2, 0.25) is 0 Å². The molecule has 2 aromatic carbocycles. The highest BCUT2D eigenvalue weighted by atomic mass is 19.1. The van der Waals surface area contributed by atoms with Crippen molar-refractivity contribution in [2.24, 2.45) is 0 Å². The lowest BCUT2D eigenvalue weighted by atomic mass is 9.91. The van der Waals surface area contributed by atoms with Crippen molar-refractivity contribution in [3.8, 4) is 17.0 Å². The lowest BCUT2D eigenvalue weighted by molar-refractivity contribution is -0.160. The summed E-state index contributed by atoms with van der Waals surface area (Å²) in [5, 5.41) is 17.7. The second-order valence-corrected chi connectivity index (χ2v) is 12.0. The number of carboxylic acid groups (broad SMARTS) is 1. The molecule has 0 radical (unpaired) electrons. The highest BCUT2D eigenvalue weighted by Crippen LogP contribution is 2.41. The van der Waals surface area contributed by atoms with Gasteiger partial charge in [0.25, 0.3) is 5.91 Å². The molecule has 44 heavy (non-hydrogen) atoms. The van der Waals surface area contributed by atoms with E-state index in [0.717, 1.165) is 5.56 Å². The van der Waals surface area contributed by atoms with Gasteiger partial charge in [-0.3, -0.25) is 4.79 Å². The van der Waals surface area contributed by atoms with Crippen molar-refractivity contribution in [3.05, 3.63) is 81.2 Å². The molecule has 0 saturated carbocycles. The Balaban J connectivity index is 1.67. The predicted molar refractivity (Wildman–Crippen MR) is 160 cm³/mol. The first-order valence-corrected chi connectivity index (χ1v) is 14.6. The molecule has 3 heterocycles. The lowest BCUT2D eigenvalue weighted by Crippen LogP contribution is -2.29. The van der Waals surface area contributed by atoms with Crippen LogP contribution in [0.4, 0.5) is 8.78 Å². The number of nitrogens with one attached hydrogen (secondary N) is 1. The van der Waals surface area contributed by atoms with Gasteiger partial charge in [-0.15, -0.1) is 0 Å². The molecule has 1 amide bonds. The number of aryl methyl sites for hydroxylation is 2. The number of amides is 1. The van der Waals surface area contributed by atoms with Crippen LogP contribution < -0.4 is 10.1 Å². The van der Waals surface area contributed by atoms with E-state index in [2.05, 4.69) is 15.4 Å². The van der Waals surface area contributed by atoms with Crippen molar-refractivity contribution in [2.45, 2.75) is 79.1 Å². The maximum Gasteiger partial charge on any atom is 0.337 e. The summed E-state index contributed by atoms with van der Waals surface area (Å²) in [5.41, 5.74) is 3.32. The lowest BCUT2D eigenvalue weighted by Gasteiger charge is -2.28. The third-order valence-corrected chi connectivity index (χ3v) is 7.66. The second kappa shape index (κ2) is 12.0. The number of carbonyl (C=O) groups is 2. The standard InChI is InChI=1S/C33H36F2N4O5/c1-7-20-13-19(10-11-23(20)34)16-36-31(40)25-15-26-37-18(3)27(30(32(41)42)44-33(4,5)6)28(39(26)38-25)22-14-24(35)29-21(17(22)2)9-8-12-43-29/h10-11,13-15,30H,7-9,12,16H2,1-6H3,(H,36,40)(H,41,42). The molecule has 2 aromatic heterocycles. The third kappa shape index (κ3) is 6.01. The maximum atomic E-state index is 15.5. The molecular formula is C33H36F2N4O5. The van der Waals surface area contributed by atoms with Crippen LogP contribution in [0.5, 0.6) is 5.75 Å². The van der Waals surface area contributed by atoms with Gasteiger partial charge in [-0.2, -0.15) is 5.10 Å². The van der Waals surface area contributed by atoms with E-state index in [4.69, 9.17) is 9.47 Å². The Hall–Kier alpha value is -4.38. The van der Waals surface area contributed by atoms with Crippen molar-refractivity contribution in [3.63, 3.8) is 0 Å². The zero-order valence-electron chi connectivity index (χ0n) is 25.7. The van der Waals surface area contributed by atoms with E-state index in [1.54, 1.807) is 39.8 Å². The van der Waals surface area contributed by atoms with Crippen LogP contribution in [0.25, 0.3) is 16.9 Å². The van der Waals surface area contributed by atoms with Crippen LogP contribution in [-0.2, 0) is 28.9 Å². The number of benzene rings is 2. The number of hydrogen-bond acceptors (Lipinski definition) is 6. The van der Waals surface area contributed by atoms with Crippen LogP contribution >= 0.6 is 0 Å². The van der Waals surface area contributed by atoms with E-state index in [9.17, 15) is 19.1 Å². The Bertz CT molecular complexity index is 1780. The van der Waals surface area contributed by atoms with Crippen molar-refractivity contribution in [1.82, 2.24) is 19.9 Å². The summed E-state index contributed by atoms with van der Waals surface area (Å²) in [5.74, 6) is -2.45. The topological polar surface area (TPSA) is 115 Å². The zero-order chi connectivity index (χ0) is 31.9. The fourth-order valence-electron chi connectivity index (χ4n) is 5.59. The minimum absolute atomic E-state index is 0.0242. The number of ether oxygens (including phenoxy) is 2. The molecule has 9 nitrogen and oxygen atoms in total. The first-order chi connectivity index (χ1) is 20.8. The first kappa shape index (κ1) is 31.1. The number of hydrogen-bond donors (Lipinski definition) is 2. The first-order valence-electron chi connectivity index (χ1n) is 14.6. The van der Waals surface area contributed by atoms with Gasteiger partial charge >= 0.3 is 5.97 Å². The normalized spacial score (nSPS) is 13.8. The minimum Gasteiger partial charge on any atom is -0.490 e. The fraction of sp³-hybridized carbons (Fsp3) is 0.394.